The average molecular weight is 153 g/mol. The molecule has 1 atom stereocenters. The Kier molecular flexibility index (Phi) is 2.32. The molecule has 2 nitrogen and oxygen atoms in total. The summed E-state index contributed by atoms with van der Waals surface area (Å²) in [5, 5.41) is 0. The van der Waals surface area contributed by atoms with Gasteiger partial charge in [0.15, 0.2) is 0 Å². The van der Waals surface area contributed by atoms with E-state index >= 15 is 0 Å². The molecule has 11 heavy (non-hydrogen) atoms. The van der Waals surface area contributed by atoms with Crippen LogP contribution in [0.2, 0.25) is 0 Å². The predicted molar refractivity (Wildman–Crippen MR) is 44.9 cm³/mol. The van der Waals surface area contributed by atoms with Crippen LogP contribution in [0.1, 0.15) is 33.1 Å². The Balaban J connectivity index is 2.64. The monoisotopic (exact) mass is 153 g/mol. The number of hydrogen-bond donors (Lipinski definition) is 1. The molecule has 1 aliphatic rings. The molecule has 0 aromatic carbocycles. The fraction of sp³-hybridized carbons (Fsp3) is 0.667. The van der Waals surface area contributed by atoms with E-state index in [0.29, 0.717) is 0 Å². The van der Waals surface area contributed by atoms with Crippen molar-refractivity contribution >= 4 is 5.91 Å². The topological polar surface area (TPSA) is 43.1 Å². The van der Waals surface area contributed by atoms with E-state index in [9.17, 15) is 4.79 Å². The van der Waals surface area contributed by atoms with Crippen molar-refractivity contribution in [2.45, 2.75) is 33.1 Å². The zero-order valence-electron chi connectivity index (χ0n) is 7.18. The van der Waals surface area contributed by atoms with Gasteiger partial charge < -0.3 is 5.73 Å². The molecule has 2 N–H and O–H groups in total. The van der Waals surface area contributed by atoms with Crippen LogP contribution in [0, 0.1) is 5.92 Å². The van der Waals surface area contributed by atoms with Gasteiger partial charge in [0.2, 0.25) is 5.91 Å². The number of hydrogen-bond acceptors (Lipinski definition) is 1. The minimum Gasteiger partial charge on any atom is -0.369 e. The van der Waals surface area contributed by atoms with Crippen molar-refractivity contribution in [2.75, 3.05) is 0 Å². The molecular weight excluding hydrogens is 138 g/mol. The number of carbonyl (C=O) groups is 1. The quantitative estimate of drug-likeness (QED) is 0.571. The minimum atomic E-state index is -0.142. The average Bonchev–Trinajstić information content (AvgIpc) is 1.94. The summed E-state index contributed by atoms with van der Waals surface area (Å²) in [5.41, 5.74) is 7.99. The van der Waals surface area contributed by atoms with Gasteiger partial charge in [-0.3, -0.25) is 4.79 Å². The molecule has 1 amide bonds. The fourth-order valence-corrected chi connectivity index (χ4v) is 1.49. The molecule has 0 aromatic rings. The Hall–Kier alpha value is -0.790. The van der Waals surface area contributed by atoms with Crippen molar-refractivity contribution in [1.29, 1.82) is 0 Å². The van der Waals surface area contributed by atoms with Crippen molar-refractivity contribution < 1.29 is 4.79 Å². The van der Waals surface area contributed by atoms with Gasteiger partial charge in [-0.05, 0) is 33.1 Å². The summed E-state index contributed by atoms with van der Waals surface area (Å²) >= 11 is 0. The third kappa shape index (κ3) is 1.82. The highest BCUT2D eigenvalue weighted by molar-refractivity contribution is 5.77. The molecule has 1 aliphatic carbocycles. The van der Waals surface area contributed by atoms with Gasteiger partial charge in [-0.25, -0.2) is 0 Å². The van der Waals surface area contributed by atoms with Crippen LogP contribution in [0.25, 0.3) is 0 Å². The van der Waals surface area contributed by atoms with Crippen LogP contribution >= 0.6 is 0 Å². The molecular formula is C9H15NO. The molecule has 0 aromatic heterocycles. The van der Waals surface area contributed by atoms with Crippen LogP contribution in [0.5, 0.6) is 0 Å². The second-order valence-corrected chi connectivity index (χ2v) is 3.40. The molecule has 0 radical (unpaired) electrons. The summed E-state index contributed by atoms with van der Waals surface area (Å²) in [6.07, 6.45) is 2.86. The minimum absolute atomic E-state index is 0.0960. The number of nitrogens with two attached hydrogens (primary N) is 1. The third-order valence-corrected chi connectivity index (χ3v) is 2.55. The van der Waals surface area contributed by atoms with E-state index in [4.69, 9.17) is 5.73 Å². The molecule has 2 heteroatoms. The summed E-state index contributed by atoms with van der Waals surface area (Å²) in [6, 6.07) is 0. The Bertz CT molecular complexity index is 206. The first-order valence-corrected chi connectivity index (χ1v) is 4.06. The van der Waals surface area contributed by atoms with Gasteiger partial charge in [0.05, 0.1) is 0 Å². The Morgan fingerprint density at radius 2 is 2.09 bits per heavy atom. The number of rotatable bonds is 1. The van der Waals surface area contributed by atoms with Crippen molar-refractivity contribution in [3.05, 3.63) is 11.1 Å². The van der Waals surface area contributed by atoms with E-state index in [-0.39, 0.29) is 11.8 Å². The summed E-state index contributed by atoms with van der Waals surface area (Å²) in [4.78, 5) is 10.8. The summed E-state index contributed by atoms with van der Waals surface area (Å²) in [7, 11) is 0. The summed E-state index contributed by atoms with van der Waals surface area (Å²) < 4.78 is 0. The van der Waals surface area contributed by atoms with Gasteiger partial charge in [0, 0.05) is 5.92 Å². The Morgan fingerprint density at radius 1 is 1.45 bits per heavy atom. The van der Waals surface area contributed by atoms with Crippen LogP contribution in [0.15, 0.2) is 11.1 Å². The van der Waals surface area contributed by atoms with Crippen molar-refractivity contribution in [3.8, 4) is 0 Å². The van der Waals surface area contributed by atoms with Crippen molar-refractivity contribution in [3.63, 3.8) is 0 Å². The first-order chi connectivity index (χ1) is 5.11. The highest BCUT2D eigenvalue weighted by atomic mass is 16.1. The van der Waals surface area contributed by atoms with Crippen LogP contribution in [-0.2, 0) is 4.79 Å². The van der Waals surface area contributed by atoms with Crippen LogP contribution < -0.4 is 5.73 Å². The lowest BCUT2D eigenvalue weighted by Crippen LogP contribution is -2.25. The number of carbonyl (C=O) groups excluding carboxylic acids is 1. The largest absolute Gasteiger partial charge is 0.369 e. The van der Waals surface area contributed by atoms with Crippen molar-refractivity contribution in [1.82, 2.24) is 0 Å². The van der Waals surface area contributed by atoms with Gasteiger partial charge >= 0.3 is 0 Å². The first-order valence-electron chi connectivity index (χ1n) is 4.06. The van der Waals surface area contributed by atoms with Gasteiger partial charge in [0.1, 0.15) is 0 Å². The molecule has 0 bridgehead atoms. The molecule has 62 valence electrons. The molecule has 1 rings (SSSR count). The lowest BCUT2D eigenvalue weighted by molar-refractivity contribution is -0.122. The molecule has 0 aliphatic heterocycles. The normalized spacial score (nSPS) is 25.5. The number of amides is 1. The number of primary amides is 1. The van der Waals surface area contributed by atoms with Gasteiger partial charge in [-0.15, -0.1) is 0 Å². The SMILES string of the molecule is CC1=C(C)CC(C(N)=O)CC1. The second kappa shape index (κ2) is 3.07. The number of allylic oxidation sites excluding steroid dienone is 2. The zero-order valence-corrected chi connectivity index (χ0v) is 7.18. The summed E-state index contributed by atoms with van der Waals surface area (Å²) in [6.45, 7) is 4.22. The van der Waals surface area contributed by atoms with E-state index in [1.54, 1.807) is 0 Å². The van der Waals surface area contributed by atoms with Crippen LogP contribution in [-0.4, -0.2) is 5.91 Å². The highest BCUT2D eigenvalue weighted by Gasteiger charge is 2.20. The third-order valence-electron chi connectivity index (χ3n) is 2.55. The van der Waals surface area contributed by atoms with E-state index in [2.05, 4.69) is 13.8 Å². The fourth-order valence-electron chi connectivity index (χ4n) is 1.49. The standard InChI is InChI=1S/C9H15NO/c1-6-3-4-8(9(10)11)5-7(6)2/h8H,3-5H2,1-2H3,(H2,10,11). The van der Waals surface area contributed by atoms with Gasteiger partial charge in [0.25, 0.3) is 0 Å². The zero-order chi connectivity index (χ0) is 8.43. The van der Waals surface area contributed by atoms with Gasteiger partial charge in [-0.2, -0.15) is 0 Å². The van der Waals surface area contributed by atoms with Crippen LogP contribution in [0.3, 0.4) is 0 Å². The molecule has 0 saturated heterocycles. The van der Waals surface area contributed by atoms with Gasteiger partial charge in [-0.1, -0.05) is 11.1 Å². The maximum atomic E-state index is 10.8. The second-order valence-electron chi connectivity index (χ2n) is 3.40. The van der Waals surface area contributed by atoms with E-state index in [1.165, 1.54) is 11.1 Å². The van der Waals surface area contributed by atoms with E-state index in [0.717, 1.165) is 19.3 Å². The van der Waals surface area contributed by atoms with E-state index in [1.807, 2.05) is 0 Å². The van der Waals surface area contributed by atoms with E-state index < -0.39 is 0 Å². The Morgan fingerprint density at radius 3 is 2.55 bits per heavy atom. The molecule has 1 unspecified atom stereocenters. The lowest BCUT2D eigenvalue weighted by atomic mass is 9.85. The highest BCUT2D eigenvalue weighted by Crippen LogP contribution is 2.28. The maximum absolute atomic E-state index is 10.8. The van der Waals surface area contributed by atoms with Crippen molar-refractivity contribution in [2.24, 2.45) is 11.7 Å². The first kappa shape index (κ1) is 8.31. The van der Waals surface area contributed by atoms with Crippen LogP contribution in [0.4, 0.5) is 0 Å². The molecule has 0 heterocycles. The molecule has 0 spiro atoms. The molecule has 0 fully saturated rings. The Labute approximate surface area is 67.5 Å². The predicted octanol–water partition coefficient (Wildman–Crippen LogP) is 1.61. The molecule has 0 saturated carbocycles. The lowest BCUT2D eigenvalue weighted by Gasteiger charge is -2.21. The maximum Gasteiger partial charge on any atom is 0.220 e. The summed E-state index contributed by atoms with van der Waals surface area (Å²) in [5.74, 6) is -0.0458. The smallest absolute Gasteiger partial charge is 0.220 e.